The number of aromatic nitrogens is 2. The van der Waals surface area contributed by atoms with Gasteiger partial charge in [0.1, 0.15) is 5.82 Å². The monoisotopic (exact) mass is 288 g/mol. The van der Waals surface area contributed by atoms with Gasteiger partial charge in [-0.3, -0.25) is 9.67 Å². The highest BCUT2D eigenvalue weighted by molar-refractivity contribution is 6.32. The molecule has 1 aromatic carbocycles. The first-order valence-corrected chi connectivity index (χ1v) is 7.05. The number of hydrogen-bond donors (Lipinski definition) is 1. The molecule has 4 nitrogen and oxygen atoms in total. The minimum absolute atomic E-state index is 0.745. The van der Waals surface area contributed by atoms with Gasteiger partial charge in [-0.2, -0.15) is 5.10 Å². The zero-order valence-corrected chi connectivity index (χ0v) is 12.6. The van der Waals surface area contributed by atoms with E-state index in [1.807, 2.05) is 37.7 Å². The van der Waals surface area contributed by atoms with Gasteiger partial charge in [0.2, 0.25) is 0 Å². The lowest BCUT2D eigenvalue weighted by molar-refractivity contribution is 0.758. The average molecular weight is 289 g/mol. The zero-order chi connectivity index (χ0) is 14.3. The Morgan fingerprint density at radius 3 is 2.90 bits per heavy atom. The largest absolute Gasteiger partial charge is 0.368 e. The van der Waals surface area contributed by atoms with Gasteiger partial charge in [0.25, 0.3) is 0 Å². The van der Waals surface area contributed by atoms with Crippen LogP contribution < -0.4 is 5.32 Å². The molecular weight excluding hydrogens is 272 g/mol. The van der Waals surface area contributed by atoms with Gasteiger partial charge in [-0.25, -0.2) is 0 Å². The highest BCUT2D eigenvalue weighted by Crippen LogP contribution is 2.28. The third-order valence-corrected chi connectivity index (χ3v) is 4.07. The molecular formula is C15H17ClN4. The second-order valence-corrected chi connectivity index (χ2v) is 5.41. The Balaban J connectivity index is 2.25. The molecule has 20 heavy (non-hydrogen) atoms. The van der Waals surface area contributed by atoms with Crippen LogP contribution in [0.15, 0.2) is 23.2 Å². The molecule has 0 spiro atoms. The molecule has 2 heterocycles. The van der Waals surface area contributed by atoms with E-state index in [2.05, 4.69) is 16.5 Å². The molecule has 1 N–H and O–H groups in total. The summed E-state index contributed by atoms with van der Waals surface area (Å²) in [6.07, 6.45) is 0. The topological polar surface area (TPSA) is 42.2 Å². The highest BCUT2D eigenvalue weighted by atomic mass is 35.5. The van der Waals surface area contributed by atoms with Crippen LogP contribution in [0.25, 0.3) is 0 Å². The van der Waals surface area contributed by atoms with Crippen molar-refractivity contribution in [3.05, 3.63) is 45.6 Å². The van der Waals surface area contributed by atoms with E-state index in [0.717, 1.165) is 52.0 Å². The van der Waals surface area contributed by atoms with Crippen LogP contribution in [0.4, 0.5) is 5.82 Å². The molecule has 0 saturated carbocycles. The van der Waals surface area contributed by atoms with E-state index >= 15 is 0 Å². The van der Waals surface area contributed by atoms with Crippen molar-refractivity contribution in [3.8, 4) is 0 Å². The summed E-state index contributed by atoms with van der Waals surface area (Å²) >= 11 is 6.25. The van der Waals surface area contributed by atoms with Gasteiger partial charge in [0, 0.05) is 24.2 Å². The molecule has 0 radical (unpaired) electrons. The van der Waals surface area contributed by atoms with Crippen LogP contribution in [-0.2, 0) is 7.05 Å². The van der Waals surface area contributed by atoms with Crippen LogP contribution in [0, 0.1) is 13.8 Å². The van der Waals surface area contributed by atoms with Crippen molar-refractivity contribution < 1.29 is 0 Å². The zero-order valence-electron chi connectivity index (χ0n) is 11.9. The number of hydrogen-bond acceptors (Lipinski definition) is 3. The molecule has 104 valence electrons. The van der Waals surface area contributed by atoms with E-state index in [1.165, 1.54) is 0 Å². The molecule has 3 rings (SSSR count). The first-order valence-electron chi connectivity index (χ1n) is 6.67. The third kappa shape index (κ3) is 2.00. The Hall–Kier alpha value is -1.81. The maximum Gasteiger partial charge on any atom is 0.133 e. The summed E-state index contributed by atoms with van der Waals surface area (Å²) in [6, 6.07) is 5.95. The van der Waals surface area contributed by atoms with Crippen molar-refractivity contribution in [3.63, 3.8) is 0 Å². The molecule has 1 aliphatic rings. The van der Waals surface area contributed by atoms with Crippen LogP contribution in [0.2, 0.25) is 5.02 Å². The number of halogens is 1. The predicted molar refractivity (Wildman–Crippen MR) is 83.1 cm³/mol. The summed E-state index contributed by atoms with van der Waals surface area (Å²) in [7, 11) is 1.95. The molecule has 0 unspecified atom stereocenters. The van der Waals surface area contributed by atoms with Crippen LogP contribution >= 0.6 is 11.6 Å². The van der Waals surface area contributed by atoms with E-state index in [1.54, 1.807) is 0 Å². The fourth-order valence-corrected chi connectivity index (χ4v) is 2.82. The number of nitrogens with zero attached hydrogens (tertiary/aromatic N) is 3. The SMILES string of the molecule is Cc1nn(C)c2c1C(c1cccc(Cl)c1C)=NCCN2. The van der Waals surface area contributed by atoms with Crippen molar-refractivity contribution in [2.75, 3.05) is 18.4 Å². The maximum absolute atomic E-state index is 6.25. The number of fused-ring (bicyclic) bond motifs is 1. The third-order valence-electron chi connectivity index (χ3n) is 3.66. The Kier molecular flexibility index (Phi) is 3.26. The minimum atomic E-state index is 0.745. The van der Waals surface area contributed by atoms with E-state index in [4.69, 9.17) is 16.6 Å². The molecule has 0 amide bonds. The smallest absolute Gasteiger partial charge is 0.133 e. The lowest BCUT2D eigenvalue weighted by atomic mass is 9.98. The summed E-state index contributed by atoms with van der Waals surface area (Å²) in [5.41, 5.74) is 5.18. The van der Waals surface area contributed by atoms with E-state index < -0.39 is 0 Å². The van der Waals surface area contributed by atoms with E-state index in [0.29, 0.717) is 0 Å². The van der Waals surface area contributed by atoms with Gasteiger partial charge < -0.3 is 5.32 Å². The van der Waals surface area contributed by atoms with Crippen LogP contribution in [0.1, 0.15) is 22.4 Å². The van der Waals surface area contributed by atoms with Gasteiger partial charge in [0.15, 0.2) is 0 Å². The molecule has 2 aromatic rings. The van der Waals surface area contributed by atoms with E-state index in [-0.39, 0.29) is 0 Å². The van der Waals surface area contributed by atoms with Gasteiger partial charge >= 0.3 is 0 Å². The molecule has 5 heteroatoms. The van der Waals surface area contributed by atoms with Crippen molar-refractivity contribution >= 4 is 23.1 Å². The van der Waals surface area contributed by atoms with Crippen molar-refractivity contribution in [2.24, 2.45) is 12.0 Å². The molecule has 1 aliphatic heterocycles. The lowest BCUT2D eigenvalue weighted by Gasteiger charge is -2.11. The predicted octanol–water partition coefficient (Wildman–Crippen LogP) is 2.95. The van der Waals surface area contributed by atoms with Gasteiger partial charge in [-0.1, -0.05) is 23.7 Å². The highest BCUT2D eigenvalue weighted by Gasteiger charge is 2.23. The van der Waals surface area contributed by atoms with E-state index in [9.17, 15) is 0 Å². The Morgan fingerprint density at radius 1 is 1.30 bits per heavy atom. The Bertz CT molecular complexity index is 700. The molecule has 0 fully saturated rings. The Morgan fingerprint density at radius 2 is 2.10 bits per heavy atom. The van der Waals surface area contributed by atoms with Crippen LogP contribution in [0.5, 0.6) is 0 Å². The van der Waals surface area contributed by atoms with Crippen molar-refractivity contribution in [1.82, 2.24) is 9.78 Å². The fraction of sp³-hybridized carbons (Fsp3) is 0.333. The average Bonchev–Trinajstić information content (AvgIpc) is 2.61. The number of nitrogens with one attached hydrogen (secondary N) is 1. The lowest BCUT2D eigenvalue weighted by Crippen LogP contribution is -2.08. The summed E-state index contributed by atoms with van der Waals surface area (Å²) in [6.45, 7) is 5.61. The van der Waals surface area contributed by atoms with Gasteiger partial charge in [-0.05, 0) is 25.5 Å². The summed E-state index contributed by atoms with van der Waals surface area (Å²) in [5, 5.41) is 8.67. The van der Waals surface area contributed by atoms with Gasteiger partial charge in [-0.15, -0.1) is 0 Å². The first kappa shape index (κ1) is 13.2. The maximum atomic E-state index is 6.25. The Labute approximate surface area is 123 Å². The molecule has 0 atom stereocenters. The van der Waals surface area contributed by atoms with Crippen LogP contribution in [-0.4, -0.2) is 28.6 Å². The molecule has 0 saturated heterocycles. The number of aliphatic imine (C=N–C) groups is 1. The quantitative estimate of drug-likeness (QED) is 0.877. The number of benzene rings is 1. The second-order valence-electron chi connectivity index (χ2n) is 5.00. The molecule has 0 aliphatic carbocycles. The van der Waals surface area contributed by atoms with Crippen molar-refractivity contribution in [2.45, 2.75) is 13.8 Å². The second kappa shape index (κ2) is 4.94. The fourth-order valence-electron chi connectivity index (χ4n) is 2.65. The summed E-state index contributed by atoms with van der Waals surface area (Å²) in [4.78, 5) is 4.75. The minimum Gasteiger partial charge on any atom is -0.368 e. The van der Waals surface area contributed by atoms with Crippen LogP contribution in [0.3, 0.4) is 0 Å². The number of rotatable bonds is 1. The number of anilines is 1. The standard InChI is InChI=1S/C15H17ClN4/c1-9-11(5-4-6-12(9)16)14-13-10(2)19-20(3)15(13)18-8-7-17-14/h4-6,18H,7-8H2,1-3H3. The van der Waals surface area contributed by atoms with Crippen molar-refractivity contribution in [1.29, 1.82) is 0 Å². The van der Waals surface area contributed by atoms with Gasteiger partial charge in [0.05, 0.1) is 23.5 Å². The summed E-state index contributed by atoms with van der Waals surface area (Å²) in [5.74, 6) is 1.03. The molecule has 0 bridgehead atoms. The number of aryl methyl sites for hydroxylation is 2. The summed E-state index contributed by atoms with van der Waals surface area (Å²) < 4.78 is 1.88. The first-order chi connectivity index (χ1) is 9.59. The normalized spacial score (nSPS) is 14.3. The molecule has 1 aromatic heterocycles.